The van der Waals surface area contributed by atoms with Gasteiger partial charge in [-0.1, -0.05) is 18.2 Å². The number of aliphatic hydroxyl groups is 1. The molecule has 1 aromatic carbocycles. The number of hydrogen-bond donors (Lipinski definition) is 3. The highest BCUT2D eigenvalue weighted by molar-refractivity contribution is 5.89. The lowest BCUT2D eigenvalue weighted by Gasteiger charge is -2.20. The Bertz CT molecular complexity index is 544. The molecule has 6 heteroatoms. The van der Waals surface area contributed by atoms with Gasteiger partial charge >= 0.3 is 0 Å². The molecule has 0 heterocycles. The summed E-state index contributed by atoms with van der Waals surface area (Å²) in [5, 5.41) is 14.8. The van der Waals surface area contributed by atoms with E-state index < -0.39 is 18.1 Å². The highest BCUT2D eigenvalue weighted by Crippen LogP contribution is 2.28. The monoisotopic (exact) mass is 308 g/mol. The van der Waals surface area contributed by atoms with Crippen LogP contribution in [0.5, 0.6) is 0 Å². The molecule has 22 heavy (non-hydrogen) atoms. The maximum Gasteiger partial charge on any atom is 0.245 e. The van der Waals surface area contributed by atoms with Crippen molar-refractivity contribution in [3.8, 4) is 0 Å². The number of carbonyl (C=O) groups is 2. The Morgan fingerprint density at radius 3 is 2.64 bits per heavy atom. The van der Waals surface area contributed by atoms with E-state index in [4.69, 9.17) is 0 Å². The molecule has 2 amide bonds. The zero-order chi connectivity index (χ0) is 16.1. The first-order valence-corrected chi connectivity index (χ1v) is 7.48. The van der Waals surface area contributed by atoms with Gasteiger partial charge in [0, 0.05) is 12.5 Å². The number of nitrogens with one attached hydrogen (secondary N) is 2. The van der Waals surface area contributed by atoms with E-state index in [2.05, 4.69) is 10.6 Å². The molecule has 1 aliphatic rings. The first-order valence-electron chi connectivity index (χ1n) is 7.48. The summed E-state index contributed by atoms with van der Waals surface area (Å²) < 4.78 is 13.5. The van der Waals surface area contributed by atoms with Crippen LogP contribution in [0.1, 0.15) is 25.3 Å². The molecule has 0 aliphatic heterocycles. The normalized spacial score (nSPS) is 16.7. The molecule has 2 atom stereocenters. The Morgan fingerprint density at radius 2 is 2.05 bits per heavy atom. The summed E-state index contributed by atoms with van der Waals surface area (Å²) in [4.78, 5) is 23.8. The maximum absolute atomic E-state index is 13.5. The zero-order valence-electron chi connectivity index (χ0n) is 12.5. The van der Waals surface area contributed by atoms with E-state index in [1.54, 1.807) is 18.2 Å². The van der Waals surface area contributed by atoms with Crippen LogP contribution in [0.3, 0.4) is 0 Å². The lowest BCUT2D eigenvalue weighted by Crippen LogP contribution is -2.53. The van der Waals surface area contributed by atoms with Gasteiger partial charge in [-0.15, -0.1) is 0 Å². The number of aliphatic hydroxyl groups excluding tert-OH is 1. The van der Waals surface area contributed by atoms with E-state index in [0.717, 1.165) is 12.8 Å². The minimum Gasteiger partial charge on any atom is -0.391 e. The molecule has 1 saturated carbocycles. The SMILES string of the molecule is CC(O)C(NC(=O)C1CC1)C(=O)NCCc1ccccc1F. The van der Waals surface area contributed by atoms with Crippen LogP contribution in [-0.4, -0.2) is 35.6 Å². The van der Waals surface area contributed by atoms with Crippen molar-refractivity contribution in [3.63, 3.8) is 0 Å². The highest BCUT2D eigenvalue weighted by atomic mass is 19.1. The van der Waals surface area contributed by atoms with Gasteiger partial charge in [-0.25, -0.2) is 4.39 Å². The van der Waals surface area contributed by atoms with Gasteiger partial charge in [0.25, 0.3) is 0 Å². The third kappa shape index (κ3) is 4.53. The van der Waals surface area contributed by atoms with Crippen LogP contribution in [-0.2, 0) is 16.0 Å². The van der Waals surface area contributed by atoms with Gasteiger partial charge < -0.3 is 15.7 Å². The van der Waals surface area contributed by atoms with Crippen LogP contribution in [0.15, 0.2) is 24.3 Å². The third-order valence-corrected chi connectivity index (χ3v) is 3.66. The largest absolute Gasteiger partial charge is 0.391 e. The quantitative estimate of drug-likeness (QED) is 0.696. The molecule has 5 nitrogen and oxygen atoms in total. The third-order valence-electron chi connectivity index (χ3n) is 3.66. The number of benzene rings is 1. The van der Waals surface area contributed by atoms with Gasteiger partial charge in [-0.2, -0.15) is 0 Å². The van der Waals surface area contributed by atoms with E-state index in [9.17, 15) is 19.1 Å². The lowest BCUT2D eigenvalue weighted by atomic mass is 10.1. The highest BCUT2D eigenvalue weighted by Gasteiger charge is 2.34. The topological polar surface area (TPSA) is 78.4 Å². The molecule has 0 spiro atoms. The molecule has 1 aliphatic carbocycles. The number of hydrogen-bond acceptors (Lipinski definition) is 3. The van der Waals surface area contributed by atoms with Crippen molar-refractivity contribution in [2.75, 3.05) is 6.54 Å². The van der Waals surface area contributed by atoms with Crippen molar-refractivity contribution in [1.82, 2.24) is 10.6 Å². The summed E-state index contributed by atoms with van der Waals surface area (Å²) in [5.41, 5.74) is 0.512. The van der Waals surface area contributed by atoms with Crippen molar-refractivity contribution >= 4 is 11.8 Å². The standard InChI is InChI=1S/C16H21FN2O3/c1-10(20)14(19-15(21)12-6-7-12)16(22)18-9-8-11-4-2-3-5-13(11)17/h2-5,10,12,14,20H,6-9H2,1H3,(H,18,22)(H,19,21). The molecule has 1 fully saturated rings. The number of carbonyl (C=O) groups excluding carboxylic acids is 2. The van der Waals surface area contributed by atoms with Crippen molar-refractivity contribution in [2.45, 2.75) is 38.3 Å². The van der Waals surface area contributed by atoms with Crippen LogP contribution in [0.25, 0.3) is 0 Å². The van der Waals surface area contributed by atoms with Crippen molar-refractivity contribution in [3.05, 3.63) is 35.6 Å². The first-order chi connectivity index (χ1) is 10.5. The van der Waals surface area contributed by atoms with Crippen LogP contribution in [0.2, 0.25) is 0 Å². The Kier molecular flexibility index (Phi) is 5.49. The number of halogens is 1. The van der Waals surface area contributed by atoms with Crippen molar-refractivity contribution in [1.29, 1.82) is 0 Å². The van der Waals surface area contributed by atoms with Crippen molar-refractivity contribution < 1.29 is 19.1 Å². The minimum atomic E-state index is -0.990. The molecule has 1 aromatic rings. The molecule has 0 saturated heterocycles. The summed E-state index contributed by atoms with van der Waals surface area (Å²) in [6.45, 7) is 1.69. The second-order valence-corrected chi connectivity index (χ2v) is 5.63. The van der Waals surface area contributed by atoms with Gasteiger partial charge in [0.2, 0.25) is 11.8 Å². The van der Waals surface area contributed by atoms with Gasteiger partial charge in [0.05, 0.1) is 6.10 Å². The van der Waals surface area contributed by atoms with Gasteiger partial charge in [0.1, 0.15) is 11.9 Å². The predicted octanol–water partition coefficient (Wildman–Crippen LogP) is 0.760. The second kappa shape index (κ2) is 7.35. The molecular weight excluding hydrogens is 287 g/mol. The van der Waals surface area contributed by atoms with Gasteiger partial charge in [-0.3, -0.25) is 9.59 Å². The molecule has 2 rings (SSSR count). The van der Waals surface area contributed by atoms with Crippen LogP contribution < -0.4 is 10.6 Å². The Morgan fingerprint density at radius 1 is 1.36 bits per heavy atom. The average molecular weight is 308 g/mol. The summed E-state index contributed by atoms with van der Waals surface area (Å²) in [5.74, 6) is -1.01. The molecule has 0 bridgehead atoms. The molecule has 3 N–H and O–H groups in total. The van der Waals surface area contributed by atoms with E-state index >= 15 is 0 Å². The lowest BCUT2D eigenvalue weighted by molar-refractivity contribution is -0.132. The fraction of sp³-hybridized carbons (Fsp3) is 0.500. The van der Waals surface area contributed by atoms with E-state index in [-0.39, 0.29) is 24.2 Å². The summed E-state index contributed by atoms with van der Waals surface area (Å²) >= 11 is 0. The predicted molar refractivity (Wildman–Crippen MR) is 79.4 cm³/mol. The Balaban J connectivity index is 1.83. The average Bonchev–Trinajstić information content (AvgIpc) is 3.30. The molecule has 0 radical (unpaired) electrons. The zero-order valence-corrected chi connectivity index (χ0v) is 12.5. The fourth-order valence-electron chi connectivity index (χ4n) is 2.15. The van der Waals surface area contributed by atoms with E-state index in [0.29, 0.717) is 12.0 Å². The van der Waals surface area contributed by atoms with Crippen LogP contribution in [0, 0.1) is 11.7 Å². The molecule has 2 unspecified atom stereocenters. The minimum absolute atomic E-state index is 0.0348. The van der Waals surface area contributed by atoms with Crippen LogP contribution in [0.4, 0.5) is 4.39 Å². The number of rotatable bonds is 7. The smallest absolute Gasteiger partial charge is 0.245 e. The van der Waals surface area contributed by atoms with E-state index in [1.807, 2.05) is 0 Å². The van der Waals surface area contributed by atoms with Crippen molar-refractivity contribution in [2.24, 2.45) is 5.92 Å². The summed E-state index contributed by atoms with van der Waals surface area (Å²) in [6, 6.07) is 5.38. The van der Waals surface area contributed by atoms with Gasteiger partial charge in [0.15, 0.2) is 0 Å². The van der Waals surface area contributed by atoms with Gasteiger partial charge in [-0.05, 0) is 37.8 Å². The Labute approximate surface area is 128 Å². The molecule has 0 aromatic heterocycles. The molecule has 120 valence electrons. The van der Waals surface area contributed by atoms with E-state index in [1.165, 1.54) is 13.0 Å². The fourth-order valence-corrected chi connectivity index (χ4v) is 2.15. The summed E-state index contributed by atoms with van der Waals surface area (Å²) in [7, 11) is 0. The summed E-state index contributed by atoms with van der Waals surface area (Å²) in [6.07, 6.45) is 1.01. The second-order valence-electron chi connectivity index (χ2n) is 5.63. The maximum atomic E-state index is 13.5. The number of amides is 2. The molecular formula is C16H21FN2O3. The van der Waals surface area contributed by atoms with Crippen LogP contribution >= 0.6 is 0 Å². The first kappa shape index (κ1) is 16.4. The Hall–Kier alpha value is -1.95.